The predicted molar refractivity (Wildman–Crippen MR) is 90.8 cm³/mol. The summed E-state index contributed by atoms with van der Waals surface area (Å²) in [5.41, 5.74) is 1.70. The van der Waals surface area contributed by atoms with Crippen LogP contribution in [0.25, 0.3) is 0 Å². The fourth-order valence-corrected chi connectivity index (χ4v) is 2.72. The normalized spacial score (nSPS) is 11.3. The molecule has 2 N–H and O–H groups in total. The Hall–Kier alpha value is -2.28. The third kappa shape index (κ3) is 4.63. The number of anilines is 2. The van der Waals surface area contributed by atoms with Crippen LogP contribution < -0.4 is 15.2 Å². The van der Waals surface area contributed by atoms with E-state index >= 15 is 0 Å². The highest BCUT2D eigenvalue weighted by Crippen LogP contribution is 2.31. The molecule has 4 nitrogen and oxygen atoms in total. The monoisotopic (exact) mass is 372 g/mol. The van der Waals surface area contributed by atoms with Crippen LogP contribution in [-0.4, -0.2) is 19.5 Å². The van der Waals surface area contributed by atoms with Crippen molar-refractivity contribution in [3.05, 3.63) is 52.2 Å². The fourth-order valence-electron chi connectivity index (χ4n) is 2.40. The third-order valence-electron chi connectivity index (χ3n) is 3.71. The number of aromatic nitrogens is 1. The van der Waals surface area contributed by atoms with Gasteiger partial charge in [0.25, 0.3) is 11.7 Å². The summed E-state index contributed by atoms with van der Waals surface area (Å²) in [5.74, 6) is -0.0735. The van der Waals surface area contributed by atoms with E-state index in [1.54, 1.807) is 7.05 Å². The number of aromatic amines is 1. The molecule has 25 heavy (non-hydrogen) atoms. The molecule has 0 fully saturated rings. The van der Waals surface area contributed by atoms with E-state index in [1.807, 2.05) is 32.0 Å². The number of pyridine rings is 1. The summed E-state index contributed by atoms with van der Waals surface area (Å²) >= 11 is 5.92. The molecule has 1 heterocycles. The number of para-hydroxylation sites is 1. The Balaban J connectivity index is 2.11. The van der Waals surface area contributed by atoms with Gasteiger partial charge < -0.3 is 5.32 Å². The average Bonchev–Trinajstić information content (AvgIpc) is 2.50. The Morgan fingerprint density at radius 2 is 1.88 bits per heavy atom. The Bertz CT molecular complexity index is 773. The van der Waals surface area contributed by atoms with Gasteiger partial charge in [-0.3, -0.25) is 9.69 Å². The van der Waals surface area contributed by atoms with Gasteiger partial charge in [-0.1, -0.05) is 29.8 Å². The number of nitrogens with one attached hydrogen (secondary N) is 2. The summed E-state index contributed by atoms with van der Waals surface area (Å²) in [4.78, 5) is 16.2. The number of nitrogens with zero attached hydrogens (tertiary/aromatic N) is 1. The first kappa shape index (κ1) is 19.1. The number of hydrogen-bond donors (Lipinski definition) is 1. The SMILES string of the molecule is Cc1cccc(C)c1NC(=O)CN(C)c1[nH+]cc(C(F)(F)F)cc1Cl. The third-order valence-corrected chi connectivity index (χ3v) is 4.00. The van der Waals surface area contributed by atoms with E-state index in [4.69, 9.17) is 11.6 Å². The van der Waals surface area contributed by atoms with Crippen LogP contribution in [0.5, 0.6) is 0 Å². The van der Waals surface area contributed by atoms with Crippen molar-refractivity contribution < 1.29 is 22.9 Å². The molecule has 2 aromatic rings. The number of hydrogen-bond acceptors (Lipinski definition) is 2. The van der Waals surface area contributed by atoms with Crippen molar-refractivity contribution >= 4 is 29.0 Å². The van der Waals surface area contributed by atoms with E-state index in [1.165, 1.54) is 4.90 Å². The Morgan fingerprint density at radius 1 is 1.28 bits per heavy atom. The lowest BCUT2D eigenvalue weighted by Crippen LogP contribution is -2.34. The molecule has 0 radical (unpaired) electrons. The second kappa shape index (κ2) is 7.31. The van der Waals surface area contributed by atoms with Gasteiger partial charge in [0.1, 0.15) is 11.2 Å². The van der Waals surface area contributed by atoms with Gasteiger partial charge in [0.2, 0.25) is 0 Å². The van der Waals surface area contributed by atoms with Crippen molar-refractivity contribution in [3.63, 3.8) is 0 Å². The molecule has 0 saturated heterocycles. The highest BCUT2D eigenvalue weighted by atomic mass is 35.5. The standard InChI is InChI=1S/C17H17ClF3N3O/c1-10-5-4-6-11(2)15(10)23-14(25)9-24(3)16-13(18)7-12(8-22-16)17(19,20)21/h4-8H,9H2,1-3H3,(H,23,25)/p+1. The number of H-pyrrole nitrogens is 1. The number of carbonyl (C=O) groups excluding carboxylic acids is 1. The lowest BCUT2D eigenvalue weighted by Gasteiger charge is -2.15. The zero-order valence-electron chi connectivity index (χ0n) is 14.0. The largest absolute Gasteiger partial charge is 0.419 e. The van der Waals surface area contributed by atoms with Crippen molar-refractivity contribution in [1.82, 2.24) is 0 Å². The van der Waals surface area contributed by atoms with Gasteiger partial charge in [-0.2, -0.15) is 13.2 Å². The molecule has 2 rings (SSSR count). The minimum absolute atomic E-state index is 0.0740. The predicted octanol–water partition coefficient (Wildman–Crippen LogP) is 3.86. The van der Waals surface area contributed by atoms with Gasteiger partial charge in [-0.15, -0.1) is 0 Å². The molecule has 0 spiro atoms. The van der Waals surface area contributed by atoms with Crippen LogP contribution in [0.2, 0.25) is 5.02 Å². The van der Waals surface area contributed by atoms with E-state index in [2.05, 4.69) is 10.3 Å². The van der Waals surface area contributed by atoms with Gasteiger partial charge in [0.05, 0.1) is 12.6 Å². The molecular formula is C17H18ClF3N3O+. The summed E-state index contributed by atoms with van der Waals surface area (Å²) < 4.78 is 38.0. The zero-order chi connectivity index (χ0) is 18.8. The Morgan fingerprint density at radius 3 is 2.40 bits per heavy atom. The summed E-state index contributed by atoms with van der Waals surface area (Å²) in [6.45, 7) is 3.69. The number of alkyl halides is 3. The molecule has 0 aliphatic rings. The van der Waals surface area contributed by atoms with Crippen LogP contribution in [0, 0.1) is 13.8 Å². The maximum Gasteiger partial charge on any atom is 0.419 e. The molecule has 8 heteroatoms. The fraction of sp³-hybridized carbons (Fsp3) is 0.294. The van der Waals surface area contributed by atoms with Gasteiger partial charge in [0, 0.05) is 5.69 Å². The molecule has 0 aliphatic heterocycles. The van der Waals surface area contributed by atoms with E-state index in [-0.39, 0.29) is 23.3 Å². The number of aryl methyl sites for hydroxylation is 2. The molecule has 0 bridgehead atoms. The summed E-state index contributed by atoms with van der Waals surface area (Å²) in [6, 6.07) is 6.48. The van der Waals surface area contributed by atoms with Crippen molar-refractivity contribution in [2.45, 2.75) is 20.0 Å². The quantitative estimate of drug-likeness (QED) is 0.885. The van der Waals surface area contributed by atoms with Crippen LogP contribution >= 0.6 is 11.6 Å². The van der Waals surface area contributed by atoms with Crippen molar-refractivity contribution in [2.75, 3.05) is 23.8 Å². The molecule has 1 aromatic heterocycles. The van der Waals surface area contributed by atoms with Gasteiger partial charge in [0.15, 0.2) is 6.54 Å². The number of halogens is 4. The highest BCUT2D eigenvalue weighted by molar-refractivity contribution is 6.32. The number of rotatable bonds is 4. The van der Waals surface area contributed by atoms with Crippen molar-refractivity contribution in [2.24, 2.45) is 0 Å². The van der Waals surface area contributed by atoms with E-state index < -0.39 is 11.7 Å². The second-order valence-corrected chi connectivity index (χ2v) is 6.16. The molecule has 0 aliphatic carbocycles. The second-order valence-electron chi connectivity index (χ2n) is 5.75. The number of likely N-dealkylation sites (N-methyl/N-ethyl adjacent to an activating group) is 1. The molecule has 0 unspecified atom stereocenters. The number of benzene rings is 1. The van der Waals surface area contributed by atoms with Gasteiger partial charge >= 0.3 is 6.18 Å². The van der Waals surface area contributed by atoms with Gasteiger partial charge in [-0.25, -0.2) is 4.98 Å². The molecule has 1 aromatic carbocycles. The van der Waals surface area contributed by atoms with Crippen molar-refractivity contribution in [1.29, 1.82) is 0 Å². The number of amides is 1. The number of carbonyl (C=O) groups is 1. The minimum atomic E-state index is -4.49. The smallest absolute Gasteiger partial charge is 0.322 e. The maximum atomic E-state index is 12.7. The minimum Gasteiger partial charge on any atom is -0.322 e. The Kier molecular flexibility index (Phi) is 5.57. The van der Waals surface area contributed by atoms with Crippen molar-refractivity contribution in [3.8, 4) is 0 Å². The van der Waals surface area contributed by atoms with Crippen LogP contribution in [-0.2, 0) is 11.0 Å². The zero-order valence-corrected chi connectivity index (χ0v) is 14.7. The lowest BCUT2D eigenvalue weighted by atomic mass is 10.1. The highest BCUT2D eigenvalue weighted by Gasteiger charge is 2.33. The van der Waals surface area contributed by atoms with Crippen LogP contribution in [0.4, 0.5) is 24.7 Å². The maximum absolute atomic E-state index is 12.7. The molecule has 1 amide bonds. The molecule has 134 valence electrons. The summed E-state index contributed by atoms with van der Waals surface area (Å²) in [6.07, 6.45) is -3.67. The molecule has 0 atom stereocenters. The van der Waals surface area contributed by atoms with E-state index in [0.717, 1.165) is 29.1 Å². The van der Waals surface area contributed by atoms with Gasteiger partial charge in [-0.05, 0) is 31.0 Å². The lowest BCUT2D eigenvalue weighted by molar-refractivity contribution is -0.367. The first-order valence-electron chi connectivity index (χ1n) is 7.45. The van der Waals surface area contributed by atoms with Crippen LogP contribution in [0.15, 0.2) is 30.5 Å². The molecular weight excluding hydrogens is 355 g/mol. The average molecular weight is 373 g/mol. The van der Waals surface area contributed by atoms with E-state index in [9.17, 15) is 18.0 Å². The summed E-state index contributed by atoms with van der Waals surface area (Å²) in [7, 11) is 1.56. The Labute approximate surface area is 148 Å². The van der Waals surface area contributed by atoms with Crippen LogP contribution in [0.3, 0.4) is 0 Å². The van der Waals surface area contributed by atoms with Crippen LogP contribution in [0.1, 0.15) is 16.7 Å². The van der Waals surface area contributed by atoms with E-state index in [0.29, 0.717) is 0 Å². The first-order valence-corrected chi connectivity index (χ1v) is 7.83. The summed E-state index contributed by atoms with van der Waals surface area (Å²) in [5, 5.41) is 2.70. The molecule has 0 saturated carbocycles. The topological polar surface area (TPSA) is 46.5 Å². The first-order chi connectivity index (χ1) is 11.6.